The Kier molecular flexibility index (Phi) is 4.59. The standard InChI is InChI=1S/C9H11NO7S/c1-16-4-5-17-9-3-2-7(18(13,14)15)6-8(9)10(11)12/h2-3,6H,4-5H2,1H3,(H,13,14,15). The Morgan fingerprint density at radius 3 is 2.56 bits per heavy atom. The molecule has 1 aromatic rings. The molecular weight excluding hydrogens is 266 g/mol. The topological polar surface area (TPSA) is 116 Å². The van der Waals surface area contributed by atoms with Gasteiger partial charge in [0.2, 0.25) is 0 Å². The van der Waals surface area contributed by atoms with Crippen molar-refractivity contribution in [1.82, 2.24) is 0 Å². The molecule has 0 aliphatic heterocycles. The van der Waals surface area contributed by atoms with Crippen LogP contribution in [0.3, 0.4) is 0 Å². The van der Waals surface area contributed by atoms with Crippen LogP contribution in [0.15, 0.2) is 23.1 Å². The fourth-order valence-electron chi connectivity index (χ4n) is 1.16. The Balaban J connectivity index is 3.09. The zero-order valence-electron chi connectivity index (χ0n) is 9.40. The van der Waals surface area contributed by atoms with Gasteiger partial charge in [-0.1, -0.05) is 0 Å². The lowest BCUT2D eigenvalue weighted by molar-refractivity contribution is -0.386. The maximum atomic E-state index is 10.9. The van der Waals surface area contributed by atoms with Crippen LogP contribution in [-0.2, 0) is 14.9 Å². The molecule has 8 nitrogen and oxygen atoms in total. The van der Waals surface area contributed by atoms with Crippen LogP contribution >= 0.6 is 0 Å². The minimum absolute atomic E-state index is 0.0859. The summed E-state index contributed by atoms with van der Waals surface area (Å²) in [4.78, 5) is 9.39. The first-order chi connectivity index (χ1) is 8.36. The molecule has 0 spiro atoms. The SMILES string of the molecule is COCCOc1ccc(S(=O)(=O)O)cc1[N+](=O)[O-]. The molecule has 0 fully saturated rings. The molecule has 100 valence electrons. The summed E-state index contributed by atoms with van der Waals surface area (Å²) in [6, 6.07) is 2.86. The molecule has 9 heteroatoms. The van der Waals surface area contributed by atoms with Gasteiger partial charge in [0.25, 0.3) is 10.1 Å². The summed E-state index contributed by atoms with van der Waals surface area (Å²) in [5.74, 6) is -0.0931. The predicted octanol–water partition coefficient (Wildman–Crippen LogP) is 0.867. The molecule has 0 radical (unpaired) electrons. The van der Waals surface area contributed by atoms with Gasteiger partial charge in [-0.2, -0.15) is 8.42 Å². The van der Waals surface area contributed by atoms with Crippen LogP contribution in [0.25, 0.3) is 0 Å². The molecule has 0 bridgehead atoms. The average molecular weight is 277 g/mol. The van der Waals surface area contributed by atoms with E-state index in [1.54, 1.807) is 0 Å². The summed E-state index contributed by atoms with van der Waals surface area (Å²) < 4.78 is 40.3. The van der Waals surface area contributed by atoms with Crippen molar-refractivity contribution in [2.24, 2.45) is 0 Å². The summed E-state index contributed by atoms with van der Waals surface area (Å²) in [7, 11) is -3.04. The van der Waals surface area contributed by atoms with Crippen molar-refractivity contribution in [1.29, 1.82) is 0 Å². The van der Waals surface area contributed by atoms with Gasteiger partial charge in [0, 0.05) is 13.2 Å². The summed E-state index contributed by atoms with van der Waals surface area (Å²) in [5, 5.41) is 10.8. The van der Waals surface area contributed by atoms with Gasteiger partial charge in [0.1, 0.15) is 11.5 Å². The van der Waals surface area contributed by atoms with Crippen molar-refractivity contribution in [3.05, 3.63) is 28.3 Å². The minimum Gasteiger partial charge on any atom is -0.484 e. The first-order valence-corrected chi connectivity index (χ1v) is 6.18. The Hall–Kier alpha value is -1.71. The third kappa shape index (κ3) is 3.65. The Morgan fingerprint density at radius 1 is 1.39 bits per heavy atom. The summed E-state index contributed by atoms with van der Waals surface area (Å²) >= 11 is 0. The lowest BCUT2D eigenvalue weighted by atomic mass is 10.3. The second-order valence-corrected chi connectivity index (χ2v) is 4.62. The molecule has 0 saturated carbocycles. The van der Waals surface area contributed by atoms with Gasteiger partial charge in [-0.3, -0.25) is 14.7 Å². The monoisotopic (exact) mass is 277 g/mol. The van der Waals surface area contributed by atoms with Crippen molar-refractivity contribution in [3.63, 3.8) is 0 Å². The number of benzene rings is 1. The number of nitro benzene ring substituents is 1. The number of hydrogen-bond donors (Lipinski definition) is 1. The smallest absolute Gasteiger partial charge is 0.312 e. The highest BCUT2D eigenvalue weighted by Crippen LogP contribution is 2.29. The minimum atomic E-state index is -4.49. The first-order valence-electron chi connectivity index (χ1n) is 4.74. The van der Waals surface area contributed by atoms with E-state index < -0.39 is 25.6 Å². The van der Waals surface area contributed by atoms with E-state index in [1.165, 1.54) is 7.11 Å². The molecule has 0 aromatic heterocycles. The van der Waals surface area contributed by atoms with Crippen molar-refractivity contribution in [3.8, 4) is 5.75 Å². The highest BCUT2D eigenvalue weighted by atomic mass is 32.2. The quantitative estimate of drug-likeness (QED) is 0.355. The average Bonchev–Trinajstić information content (AvgIpc) is 2.28. The molecule has 18 heavy (non-hydrogen) atoms. The van der Waals surface area contributed by atoms with E-state index in [9.17, 15) is 18.5 Å². The normalized spacial score (nSPS) is 11.2. The lowest BCUT2D eigenvalue weighted by Crippen LogP contribution is -2.07. The van der Waals surface area contributed by atoms with Gasteiger partial charge in [-0.05, 0) is 12.1 Å². The number of hydrogen-bond acceptors (Lipinski definition) is 6. The fourth-order valence-corrected chi connectivity index (χ4v) is 1.66. The molecule has 0 unspecified atom stereocenters. The lowest BCUT2D eigenvalue weighted by Gasteiger charge is -2.06. The summed E-state index contributed by atoms with van der Waals surface area (Å²) in [6.07, 6.45) is 0. The molecule has 0 aliphatic carbocycles. The van der Waals surface area contributed by atoms with E-state index >= 15 is 0 Å². The summed E-state index contributed by atoms with van der Waals surface area (Å²) in [5.41, 5.74) is -0.541. The Morgan fingerprint density at radius 2 is 2.06 bits per heavy atom. The number of nitrogens with zero attached hydrogens (tertiary/aromatic N) is 1. The maximum Gasteiger partial charge on any atom is 0.312 e. The second kappa shape index (κ2) is 5.76. The molecule has 0 saturated heterocycles. The number of rotatable bonds is 6. The highest BCUT2D eigenvalue weighted by Gasteiger charge is 2.20. The first kappa shape index (κ1) is 14.4. The van der Waals surface area contributed by atoms with Crippen LogP contribution in [-0.4, -0.2) is 38.2 Å². The number of methoxy groups -OCH3 is 1. The van der Waals surface area contributed by atoms with Crippen molar-refractivity contribution in [2.75, 3.05) is 20.3 Å². The molecule has 1 aromatic carbocycles. The van der Waals surface area contributed by atoms with Crippen LogP contribution in [0, 0.1) is 10.1 Å². The van der Waals surface area contributed by atoms with Crippen LogP contribution in [0.2, 0.25) is 0 Å². The highest BCUT2D eigenvalue weighted by molar-refractivity contribution is 7.85. The van der Waals surface area contributed by atoms with Crippen LogP contribution < -0.4 is 4.74 Å². The van der Waals surface area contributed by atoms with Gasteiger partial charge in [0.15, 0.2) is 5.75 Å². The maximum absolute atomic E-state index is 10.9. The number of ether oxygens (including phenoxy) is 2. The molecular formula is C9H11NO7S. The third-order valence-electron chi connectivity index (χ3n) is 1.97. The van der Waals surface area contributed by atoms with Gasteiger partial charge >= 0.3 is 5.69 Å². The van der Waals surface area contributed by atoms with E-state index in [2.05, 4.69) is 0 Å². The van der Waals surface area contributed by atoms with Gasteiger partial charge in [-0.25, -0.2) is 0 Å². The molecule has 0 atom stereocenters. The van der Waals surface area contributed by atoms with Crippen molar-refractivity contribution >= 4 is 15.8 Å². The van der Waals surface area contributed by atoms with E-state index in [4.69, 9.17) is 14.0 Å². The van der Waals surface area contributed by atoms with Gasteiger partial charge < -0.3 is 9.47 Å². The van der Waals surface area contributed by atoms with Crippen molar-refractivity contribution < 1.29 is 27.4 Å². The zero-order chi connectivity index (χ0) is 13.8. The largest absolute Gasteiger partial charge is 0.484 e. The molecule has 0 aliphatic rings. The van der Waals surface area contributed by atoms with Gasteiger partial charge in [-0.15, -0.1) is 0 Å². The van der Waals surface area contributed by atoms with Crippen LogP contribution in [0.1, 0.15) is 0 Å². The Labute approximate surface area is 103 Å². The van der Waals surface area contributed by atoms with Crippen molar-refractivity contribution in [2.45, 2.75) is 4.90 Å². The van der Waals surface area contributed by atoms with Crippen LogP contribution in [0.5, 0.6) is 5.75 Å². The molecule has 1 N–H and O–H groups in total. The Bertz CT molecular complexity index is 540. The number of nitro groups is 1. The second-order valence-electron chi connectivity index (χ2n) is 3.20. The fraction of sp³-hybridized carbons (Fsp3) is 0.333. The van der Waals surface area contributed by atoms with Gasteiger partial charge in [0.05, 0.1) is 11.5 Å². The van der Waals surface area contributed by atoms with E-state index in [0.717, 1.165) is 18.2 Å². The third-order valence-corrected chi connectivity index (χ3v) is 2.82. The summed E-state index contributed by atoms with van der Waals surface area (Å²) in [6.45, 7) is 0.319. The van der Waals surface area contributed by atoms with Crippen LogP contribution in [0.4, 0.5) is 5.69 Å². The van der Waals surface area contributed by atoms with E-state index in [-0.39, 0.29) is 19.0 Å². The zero-order valence-corrected chi connectivity index (χ0v) is 10.2. The molecule has 1 rings (SSSR count). The molecule has 0 amide bonds. The molecule has 0 heterocycles. The van der Waals surface area contributed by atoms with E-state index in [0.29, 0.717) is 0 Å². The van der Waals surface area contributed by atoms with E-state index in [1.807, 2.05) is 0 Å². The predicted molar refractivity (Wildman–Crippen MR) is 60.3 cm³/mol.